The van der Waals surface area contributed by atoms with E-state index < -0.39 is 0 Å². The molecule has 0 amide bonds. The van der Waals surface area contributed by atoms with E-state index in [1.54, 1.807) is 0 Å². The molecular weight excluding hydrogens is 222 g/mol. The zero-order valence-electron chi connectivity index (χ0n) is 11.6. The van der Waals surface area contributed by atoms with Crippen LogP contribution in [0.3, 0.4) is 0 Å². The highest BCUT2D eigenvalue weighted by Gasteiger charge is 2.13. The van der Waals surface area contributed by atoms with Crippen LogP contribution in [0.25, 0.3) is 6.08 Å². The third kappa shape index (κ3) is 3.22. The molecule has 0 aromatic carbocycles. The highest BCUT2D eigenvalue weighted by molar-refractivity contribution is 5.48. The molecule has 3 heteroatoms. The predicted molar refractivity (Wildman–Crippen MR) is 76.3 cm³/mol. The second-order valence-electron chi connectivity index (χ2n) is 5.33. The van der Waals surface area contributed by atoms with E-state index in [0.29, 0.717) is 12.1 Å². The number of allylic oxidation sites excluding steroid dienone is 1. The van der Waals surface area contributed by atoms with Crippen molar-refractivity contribution in [3.8, 4) is 0 Å². The smallest absolute Gasteiger partial charge is 0.0850 e. The van der Waals surface area contributed by atoms with Crippen LogP contribution in [-0.2, 0) is 0 Å². The summed E-state index contributed by atoms with van der Waals surface area (Å²) in [5.41, 5.74) is 8.53. The standard InChI is InChI=1S/C15H25N3/c1-3-15(4-2)18-10-9-14(17-18)11-12-5-7-13(16)8-6-12/h9-11,13,15H,3-8,16H2,1-2H3. The van der Waals surface area contributed by atoms with E-state index in [1.807, 2.05) is 0 Å². The summed E-state index contributed by atoms with van der Waals surface area (Å²) in [6, 6.07) is 3.07. The van der Waals surface area contributed by atoms with Gasteiger partial charge in [0.25, 0.3) is 0 Å². The fourth-order valence-corrected chi connectivity index (χ4v) is 2.66. The van der Waals surface area contributed by atoms with Crippen LogP contribution in [0.4, 0.5) is 0 Å². The minimum absolute atomic E-state index is 0.407. The van der Waals surface area contributed by atoms with Gasteiger partial charge in [0.2, 0.25) is 0 Å². The van der Waals surface area contributed by atoms with Crippen molar-refractivity contribution in [3.63, 3.8) is 0 Å². The molecule has 0 unspecified atom stereocenters. The minimum atomic E-state index is 0.407. The van der Waals surface area contributed by atoms with Crippen molar-refractivity contribution < 1.29 is 0 Å². The van der Waals surface area contributed by atoms with Crippen LogP contribution in [0.2, 0.25) is 0 Å². The second-order valence-corrected chi connectivity index (χ2v) is 5.33. The van der Waals surface area contributed by atoms with Gasteiger partial charge in [-0.25, -0.2) is 0 Å². The van der Waals surface area contributed by atoms with Gasteiger partial charge in [-0.3, -0.25) is 4.68 Å². The molecular formula is C15H25N3. The van der Waals surface area contributed by atoms with E-state index >= 15 is 0 Å². The molecule has 2 N–H and O–H groups in total. The molecule has 3 nitrogen and oxygen atoms in total. The molecule has 0 spiro atoms. The van der Waals surface area contributed by atoms with Gasteiger partial charge in [-0.1, -0.05) is 19.4 Å². The molecule has 18 heavy (non-hydrogen) atoms. The van der Waals surface area contributed by atoms with Gasteiger partial charge in [0.1, 0.15) is 0 Å². The molecule has 0 bridgehead atoms. The summed E-state index contributed by atoms with van der Waals surface area (Å²) in [5.74, 6) is 0. The Morgan fingerprint density at radius 2 is 2.06 bits per heavy atom. The summed E-state index contributed by atoms with van der Waals surface area (Å²) in [5, 5.41) is 4.67. The molecule has 1 aliphatic rings. The number of hydrogen-bond acceptors (Lipinski definition) is 2. The Hall–Kier alpha value is -1.09. The molecule has 0 atom stereocenters. The van der Waals surface area contributed by atoms with Gasteiger partial charge in [-0.2, -0.15) is 5.10 Å². The van der Waals surface area contributed by atoms with Gasteiger partial charge >= 0.3 is 0 Å². The average molecular weight is 247 g/mol. The summed E-state index contributed by atoms with van der Waals surface area (Å²) in [7, 11) is 0. The first-order chi connectivity index (χ1) is 8.72. The number of nitrogens with zero attached hydrogens (tertiary/aromatic N) is 2. The lowest BCUT2D eigenvalue weighted by molar-refractivity contribution is 0.428. The van der Waals surface area contributed by atoms with E-state index in [1.165, 1.54) is 5.57 Å². The van der Waals surface area contributed by atoms with Gasteiger partial charge in [-0.15, -0.1) is 0 Å². The number of aromatic nitrogens is 2. The van der Waals surface area contributed by atoms with Gasteiger partial charge in [-0.05, 0) is 50.7 Å². The summed E-state index contributed by atoms with van der Waals surface area (Å²) >= 11 is 0. The Bertz CT molecular complexity index is 392. The monoisotopic (exact) mass is 247 g/mol. The second kappa shape index (κ2) is 6.19. The van der Waals surface area contributed by atoms with Crippen LogP contribution in [-0.4, -0.2) is 15.8 Å². The first-order valence-corrected chi connectivity index (χ1v) is 7.23. The van der Waals surface area contributed by atoms with Gasteiger partial charge in [0, 0.05) is 12.2 Å². The normalized spacial score (nSPS) is 20.4. The third-order valence-corrected chi connectivity index (χ3v) is 3.97. The Morgan fingerprint density at radius 3 is 2.67 bits per heavy atom. The van der Waals surface area contributed by atoms with E-state index in [0.717, 1.165) is 44.2 Å². The fourth-order valence-electron chi connectivity index (χ4n) is 2.66. The molecule has 0 saturated heterocycles. The van der Waals surface area contributed by atoms with Crippen molar-refractivity contribution in [3.05, 3.63) is 23.5 Å². The van der Waals surface area contributed by atoms with Crippen molar-refractivity contribution in [2.45, 2.75) is 64.5 Å². The first-order valence-electron chi connectivity index (χ1n) is 7.23. The lowest BCUT2D eigenvalue weighted by Gasteiger charge is -2.19. The molecule has 1 aromatic heterocycles. The molecule has 0 aliphatic heterocycles. The first kappa shape index (κ1) is 13.3. The Kier molecular flexibility index (Phi) is 4.59. The van der Waals surface area contributed by atoms with Gasteiger partial charge in [0.05, 0.1) is 11.7 Å². The summed E-state index contributed by atoms with van der Waals surface area (Å²) in [4.78, 5) is 0. The summed E-state index contributed by atoms with van der Waals surface area (Å²) < 4.78 is 2.11. The Morgan fingerprint density at radius 1 is 1.39 bits per heavy atom. The molecule has 1 saturated carbocycles. The topological polar surface area (TPSA) is 43.8 Å². The maximum absolute atomic E-state index is 5.92. The van der Waals surface area contributed by atoms with E-state index in [-0.39, 0.29) is 0 Å². The maximum Gasteiger partial charge on any atom is 0.0850 e. The number of hydrogen-bond donors (Lipinski definition) is 1. The molecule has 1 fully saturated rings. The lowest BCUT2D eigenvalue weighted by Crippen LogP contribution is -2.23. The van der Waals surface area contributed by atoms with Crippen LogP contribution < -0.4 is 5.73 Å². The Labute approximate surface area is 110 Å². The van der Waals surface area contributed by atoms with E-state index in [2.05, 4.69) is 42.0 Å². The molecule has 0 radical (unpaired) electrons. The molecule has 1 aliphatic carbocycles. The summed E-state index contributed by atoms with van der Waals surface area (Å²) in [6.07, 6.45) is 11.2. The third-order valence-electron chi connectivity index (χ3n) is 3.97. The largest absolute Gasteiger partial charge is 0.328 e. The number of nitrogens with two attached hydrogens (primary N) is 1. The van der Waals surface area contributed by atoms with E-state index in [9.17, 15) is 0 Å². The maximum atomic E-state index is 5.92. The van der Waals surface area contributed by atoms with Crippen LogP contribution in [0.5, 0.6) is 0 Å². The molecule has 100 valence electrons. The molecule has 1 heterocycles. The molecule has 1 aromatic rings. The highest BCUT2D eigenvalue weighted by Crippen LogP contribution is 2.24. The van der Waals surface area contributed by atoms with Crippen molar-refractivity contribution in [1.29, 1.82) is 0 Å². The van der Waals surface area contributed by atoms with Crippen molar-refractivity contribution >= 4 is 6.08 Å². The van der Waals surface area contributed by atoms with Crippen molar-refractivity contribution in [2.24, 2.45) is 5.73 Å². The van der Waals surface area contributed by atoms with E-state index in [4.69, 9.17) is 5.73 Å². The fraction of sp³-hybridized carbons (Fsp3) is 0.667. The van der Waals surface area contributed by atoms with Gasteiger partial charge in [0.15, 0.2) is 0 Å². The quantitative estimate of drug-likeness (QED) is 0.884. The Balaban J connectivity index is 2.04. The summed E-state index contributed by atoms with van der Waals surface area (Å²) in [6.45, 7) is 4.44. The van der Waals surface area contributed by atoms with Crippen LogP contribution in [0.1, 0.15) is 64.1 Å². The SMILES string of the molecule is CCC(CC)n1ccc(C=C2CCC(N)CC2)n1. The van der Waals surface area contributed by atoms with Crippen LogP contribution in [0, 0.1) is 0 Å². The lowest BCUT2D eigenvalue weighted by atomic mass is 9.91. The van der Waals surface area contributed by atoms with Crippen molar-refractivity contribution in [1.82, 2.24) is 9.78 Å². The van der Waals surface area contributed by atoms with Gasteiger partial charge < -0.3 is 5.73 Å². The zero-order chi connectivity index (χ0) is 13.0. The predicted octanol–water partition coefficient (Wildman–Crippen LogP) is 3.53. The van der Waals surface area contributed by atoms with Crippen molar-refractivity contribution in [2.75, 3.05) is 0 Å². The minimum Gasteiger partial charge on any atom is -0.328 e. The van der Waals surface area contributed by atoms with Crippen LogP contribution >= 0.6 is 0 Å². The zero-order valence-corrected chi connectivity index (χ0v) is 11.6. The average Bonchev–Trinajstić information content (AvgIpc) is 2.82. The highest BCUT2D eigenvalue weighted by atomic mass is 15.3. The van der Waals surface area contributed by atoms with Crippen LogP contribution in [0.15, 0.2) is 17.8 Å². The number of rotatable bonds is 4. The molecule has 2 rings (SSSR count).